The number of carboxylic acid groups (broad SMARTS) is 1. The van der Waals surface area contributed by atoms with Crippen molar-refractivity contribution in [1.82, 2.24) is 4.57 Å². The molecule has 0 aliphatic carbocycles. The Morgan fingerprint density at radius 3 is 2.32 bits per heavy atom. The molecule has 0 atom stereocenters. The van der Waals surface area contributed by atoms with Crippen molar-refractivity contribution in [2.45, 2.75) is 13.8 Å². The summed E-state index contributed by atoms with van der Waals surface area (Å²) in [4.78, 5) is 23.6. The lowest BCUT2D eigenvalue weighted by Gasteiger charge is -2.10. The summed E-state index contributed by atoms with van der Waals surface area (Å²) < 4.78 is 20.3. The third-order valence-corrected chi connectivity index (χ3v) is 6.58. The van der Waals surface area contributed by atoms with Crippen molar-refractivity contribution < 1.29 is 34.0 Å². The normalized spacial score (nSPS) is 11.3. The van der Waals surface area contributed by atoms with Gasteiger partial charge in [-0.3, -0.25) is 4.57 Å². The molecule has 0 saturated heterocycles. The zero-order valence-electron chi connectivity index (χ0n) is 22.2. The van der Waals surface area contributed by atoms with E-state index >= 15 is 0 Å². The number of nitrogens with zero attached hydrogens (tertiary/aromatic N) is 3. The van der Waals surface area contributed by atoms with Gasteiger partial charge in [0.2, 0.25) is 5.88 Å². The Morgan fingerprint density at radius 1 is 0.902 bits per heavy atom. The standard InChI is InChI=1S/C31H24FN3O6/c1-16-11-17(2)13-20(12-16)35-26-15-19(31(40)41-3)7-9-22(26)27(29(35)37)34-33-25-6-4-5-21(28(25)36)18-8-10-24(32)23(14-18)30(38)39/h4-15,36-37H,1-3H3,(H,38,39). The number of fused-ring (bicyclic) bond motifs is 1. The van der Waals surface area contributed by atoms with Crippen molar-refractivity contribution in [3.8, 4) is 28.4 Å². The molecule has 3 N–H and O–H groups in total. The topological polar surface area (TPSA) is 134 Å². The molecular weight excluding hydrogens is 529 g/mol. The first-order valence-electron chi connectivity index (χ1n) is 12.4. The van der Waals surface area contributed by atoms with E-state index in [0.29, 0.717) is 16.6 Å². The SMILES string of the molecule is COC(=O)c1ccc2c(N=Nc3cccc(-c4ccc(F)c(C(=O)O)c4)c3O)c(O)n(-c3cc(C)cc(C)c3)c2c1. The molecule has 0 saturated carbocycles. The number of azo groups is 1. The summed E-state index contributed by atoms with van der Waals surface area (Å²) in [5.74, 6) is -3.44. The quantitative estimate of drug-likeness (QED) is 0.149. The van der Waals surface area contributed by atoms with Gasteiger partial charge in [-0.2, -0.15) is 0 Å². The molecule has 10 heteroatoms. The molecule has 0 aliphatic rings. The van der Waals surface area contributed by atoms with Gasteiger partial charge in [-0.05, 0) is 79.1 Å². The Labute approximate surface area is 233 Å². The van der Waals surface area contributed by atoms with Crippen LogP contribution in [0, 0.1) is 19.7 Å². The second-order valence-corrected chi connectivity index (χ2v) is 9.45. The predicted molar refractivity (Wildman–Crippen MR) is 150 cm³/mol. The number of para-hydroxylation sites is 1. The Hall–Kier alpha value is -5.51. The van der Waals surface area contributed by atoms with Crippen LogP contribution < -0.4 is 0 Å². The van der Waals surface area contributed by atoms with E-state index in [1.165, 1.54) is 25.3 Å². The number of phenols is 1. The first-order chi connectivity index (χ1) is 19.6. The lowest BCUT2D eigenvalue weighted by atomic mass is 10.0. The van der Waals surface area contributed by atoms with E-state index in [2.05, 4.69) is 10.2 Å². The number of aromatic carboxylic acids is 1. The van der Waals surface area contributed by atoms with E-state index < -0.39 is 23.3 Å². The van der Waals surface area contributed by atoms with Crippen molar-refractivity contribution >= 4 is 34.2 Å². The molecule has 0 radical (unpaired) electrons. The highest BCUT2D eigenvalue weighted by Crippen LogP contribution is 2.44. The van der Waals surface area contributed by atoms with Crippen LogP contribution in [0.2, 0.25) is 0 Å². The van der Waals surface area contributed by atoms with Crippen LogP contribution in [-0.4, -0.2) is 38.9 Å². The largest absolute Gasteiger partial charge is 0.505 e. The molecule has 5 rings (SSSR count). The van der Waals surface area contributed by atoms with Crippen molar-refractivity contribution in [1.29, 1.82) is 0 Å². The minimum atomic E-state index is -1.44. The highest BCUT2D eigenvalue weighted by Gasteiger charge is 2.21. The number of benzene rings is 4. The Bertz CT molecular complexity index is 1870. The summed E-state index contributed by atoms with van der Waals surface area (Å²) in [6.07, 6.45) is 0. The van der Waals surface area contributed by atoms with E-state index in [1.807, 2.05) is 32.0 Å². The fourth-order valence-electron chi connectivity index (χ4n) is 4.75. The van der Waals surface area contributed by atoms with Crippen LogP contribution in [0.5, 0.6) is 11.6 Å². The van der Waals surface area contributed by atoms with Crippen LogP contribution in [0.4, 0.5) is 15.8 Å². The highest BCUT2D eigenvalue weighted by atomic mass is 19.1. The molecule has 4 aromatic carbocycles. The number of carbonyl (C=O) groups is 2. The number of rotatable bonds is 6. The monoisotopic (exact) mass is 553 g/mol. The number of phenolic OH excluding ortho intramolecular Hbond substituents is 1. The highest BCUT2D eigenvalue weighted by molar-refractivity contribution is 6.01. The number of hydrogen-bond acceptors (Lipinski definition) is 7. The number of aromatic hydroxyl groups is 2. The molecule has 5 aromatic rings. The molecule has 1 aromatic heterocycles. The number of carboxylic acids is 1. The van der Waals surface area contributed by atoms with Gasteiger partial charge in [0.1, 0.15) is 11.5 Å². The first-order valence-corrected chi connectivity index (χ1v) is 12.4. The second-order valence-electron chi connectivity index (χ2n) is 9.45. The zero-order valence-corrected chi connectivity index (χ0v) is 22.2. The van der Waals surface area contributed by atoms with Gasteiger partial charge in [0, 0.05) is 16.6 Å². The lowest BCUT2D eigenvalue weighted by molar-refractivity contribution is 0.0599. The van der Waals surface area contributed by atoms with Gasteiger partial charge in [0.25, 0.3) is 0 Å². The maximum absolute atomic E-state index is 13.9. The van der Waals surface area contributed by atoms with E-state index in [1.54, 1.807) is 28.8 Å². The van der Waals surface area contributed by atoms with Crippen molar-refractivity contribution in [3.63, 3.8) is 0 Å². The van der Waals surface area contributed by atoms with Gasteiger partial charge >= 0.3 is 11.9 Å². The molecule has 41 heavy (non-hydrogen) atoms. The summed E-state index contributed by atoms with van der Waals surface area (Å²) in [6, 6.07) is 18.6. The van der Waals surface area contributed by atoms with Crippen molar-refractivity contribution in [2.24, 2.45) is 10.2 Å². The van der Waals surface area contributed by atoms with Crippen LogP contribution in [0.1, 0.15) is 31.8 Å². The molecule has 0 aliphatic heterocycles. The third kappa shape index (κ3) is 4.98. The van der Waals surface area contributed by atoms with Crippen molar-refractivity contribution in [3.05, 3.63) is 101 Å². The van der Waals surface area contributed by atoms with Crippen LogP contribution in [0.25, 0.3) is 27.7 Å². The summed E-state index contributed by atoms with van der Waals surface area (Å²) in [7, 11) is 1.28. The van der Waals surface area contributed by atoms with E-state index in [0.717, 1.165) is 23.3 Å². The van der Waals surface area contributed by atoms with Crippen LogP contribution in [0.15, 0.2) is 83.0 Å². The minimum Gasteiger partial charge on any atom is -0.505 e. The average Bonchev–Trinajstić information content (AvgIpc) is 3.21. The van der Waals surface area contributed by atoms with Crippen LogP contribution in [-0.2, 0) is 4.74 Å². The molecule has 0 bridgehead atoms. The van der Waals surface area contributed by atoms with Crippen LogP contribution in [0.3, 0.4) is 0 Å². The molecule has 206 valence electrons. The number of hydrogen-bond donors (Lipinski definition) is 3. The fourth-order valence-corrected chi connectivity index (χ4v) is 4.75. The molecule has 1 heterocycles. The fraction of sp³-hybridized carbons (Fsp3) is 0.0968. The zero-order chi connectivity index (χ0) is 29.4. The third-order valence-electron chi connectivity index (χ3n) is 6.58. The Kier molecular flexibility index (Phi) is 6.98. The summed E-state index contributed by atoms with van der Waals surface area (Å²) in [5.41, 5.74) is 3.39. The predicted octanol–water partition coefficient (Wildman–Crippen LogP) is 7.36. The van der Waals surface area contributed by atoms with Crippen LogP contribution >= 0.6 is 0 Å². The number of esters is 1. The van der Waals surface area contributed by atoms with Gasteiger partial charge in [-0.1, -0.05) is 24.3 Å². The smallest absolute Gasteiger partial charge is 0.338 e. The average molecular weight is 554 g/mol. The number of ether oxygens (including phenoxy) is 1. The van der Waals surface area contributed by atoms with E-state index in [-0.39, 0.29) is 39.7 Å². The number of aryl methyl sites for hydroxylation is 2. The van der Waals surface area contributed by atoms with Gasteiger partial charge in [-0.15, -0.1) is 10.2 Å². The molecule has 9 nitrogen and oxygen atoms in total. The van der Waals surface area contributed by atoms with E-state index in [9.17, 15) is 29.3 Å². The molecule has 0 spiro atoms. The number of aromatic nitrogens is 1. The maximum Gasteiger partial charge on any atom is 0.338 e. The van der Waals surface area contributed by atoms with Gasteiger partial charge in [0.15, 0.2) is 11.4 Å². The number of carbonyl (C=O) groups excluding carboxylic acids is 1. The molecule has 0 fully saturated rings. The first kappa shape index (κ1) is 27.1. The molecular formula is C31H24FN3O6. The van der Waals surface area contributed by atoms with Crippen molar-refractivity contribution in [2.75, 3.05) is 7.11 Å². The molecule has 0 amide bonds. The Morgan fingerprint density at radius 2 is 1.63 bits per heavy atom. The van der Waals surface area contributed by atoms with Gasteiger partial charge in [0.05, 0.1) is 23.8 Å². The number of halogens is 1. The summed E-state index contributed by atoms with van der Waals surface area (Å²) >= 11 is 0. The Balaban J connectivity index is 1.65. The molecule has 0 unspecified atom stereocenters. The lowest BCUT2D eigenvalue weighted by Crippen LogP contribution is -2.01. The number of methoxy groups -OCH3 is 1. The summed E-state index contributed by atoms with van der Waals surface area (Å²) in [6.45, 7) is 3.85. The second kappa shape index (κ2) is 10.6. The minimum absolute atomic E-state index is 0.0292. The summed E-state index contributed by atoms with van der Waals surface area (Å²) in [5, 5.41) is 40.5. The van der Waals surface area contributed by atoms with E-state index in [4.69, 9.17) is 4.74 Å². The maximum atomic E-state index is 13.9. The van der Waals surface area contributed by atoms with Gasteiger partial charge in [-0.25, -0.2) is 14.0 Å². The van der Waals surface area contributed by atoms with Gasteiger partial charge < -0.3 is 20.1 Å².